The van der Waals surface area contributed by atoms with Gasteiger partial charge in [0.05, 0.1) is 13.1 Å². The monoisotopic (exact) mass is 546 g/mol. The van der Waals surface area contributed by atoms with Gasteiger partial charge >= 0.3 is 5.97 Å². The van der Waals surface area contributed by atoms with Crippen LogP contribution in [0.5, 0.6) is 0 Å². The number of anilines is 1. The molecule has 3 aliphatic rings. The molecule has 4 heterocycles. The van der Waals surface area contributed by atoms with Crippen molar-refractivity contribution in [2.75, 3.05) is 31.5 Å². The number of piperidine rings is 3. The van der Waals surface area contributed by atoms with Gasteiger partial charge in [-0.1, -0.05) is 66.7 Å². The van der Waals surface area contributed by atoms with Crippen molar-refractivity contribution in [1.82, 2.24) is 0 Å². The number of hydrogen-bond acceptors (Lipinski definition) is 5. The van der Waals surface area contributed by atoms with Crippen LogP contribution in [0.2, 0.25) is 0 Å². The Labute approximate surface area is 233 Å². The van der Waals surface area contributed by atoms with Crippen molar-refractivity contribution in [2.24, 2.45) is 5.92 Å². The van der Waals surface area contributed by atoms with Crippen molar-refractivity contribution in [2.45, 2.75) is 25.0 Å². The molecule has 4 aromatic rings. The molecule has 7 rings (SSSR count). The summed E-state index contributed by atoms with van der Waals surface area (Å²) in [5, 5.41) is 6.58. The maximum Gasteiger partial charge on any atom is 0.333 e. The normalized spacial score (nSPS) is 22.8. The number of fused-ring (bicyclic) bond motifs is 4. The number of ketones is 1. The van der Waals surface area contributed by atoms with Crippen LogP contribution >= 0.6 is 11.3 Å². The number of thiophene rings is 1. The Hall–Kier alpha value is -3.19. The molecule has 3 saturated heterocycles. The Morgan fingerprint density at radius 2 is 1.58 bits per heavy atom. The number of rotatable bonds is 8. The zero-order valence-corrected chi connectivity index (χ0v) is 22.7. The van der Waals surface area contributed by atoms with Crippen LogP contribution in [0.15, 0.2) is 90.3 Å². The third kappa shape index (κ3) is 5.35. The van der Waals surface area contributed by atoms with Gasteiger partial charge in [-0.2, -0.15) is 0 Å². The Bertz CT molecular complexity index is 1400. The molecule has 0 amide bonds. The van der Waals surface area contributed by atoms with Gasteiger partial charge in [-0.25, -0.2) is 4.79 Å². The van der Waals surface area contributed by atoms with Crippen LogP contribution in [0, 0.1) is 5.92 Å². The number of carbonyl (C=O) groups excluding carboxylic acids is 2. The van der Waals surface area contributed by atoms with E-state index in [1.54, 1.807) is 11.3 Å². The number of Topliss-reactive ketones (excluding diaryl/α,β-unsaturated/α-hetero) is 1. The minimum absolute atomic E-state index is 0. The summed E-state index contributed by atoms with van der Waals surface area (Å²) in [5.41, 5.74) is 2.58. The van der Waals surface area contributed by atoms with Crippen LogP contribution in [-0.4, -0.2) is 48.5 Å². The lowest BCUT2D eigenvalue weighted by Crippen LogP contribution is -3.00. The maximum absolute atomic E-state index is 13.8. The minimum Gasteiger partial charge on any atom is -1.00 e. The predicted octanol–water partition coefficient (Wildman–Crippen LogP) is 3.09. The number of para-hydroxylation sites is 1. The highest BCUT2D eigenvalue weighted by molar-refractivity contribution is 7.17. The van der Waals surface area contributed by atoms with Gasteiger partial charge in [0.2, 0.25) is 5.78 Å². The molecule has 0 radical (unpaired) electrons. The first kappa shape index (κ1) is 26.4. The van der Waals surface area contributed by atoms with Gasteiger partial charge in [0.15, 0.2) is 12.1 Å². The van der Waals surface area contributed by atoms with Crippen molar-refractivity contribution in [3.8, 4) is 0 Å². The van der Waals surface area contributed by atoms with Gasteiger partial charge in [-0.15, -0.1) is 11.3 Å². The fourth-order valence-electron chi connectivity index (χ4n) is 6.00. The molecule has 0 unspecified atom stereocenters. The third-order valence-corrected chi connectivity index (χ3v) is 9.01. The second-order valence-electron chi connectivity index (χ2n) is 10.4. The van der Waals surface area contributed by atoms with E-state index >= 15 is 0 Å². The summed E-state index contributed by atoms with van der Waals surface area (Å²) in [6.45, 7) is 3.11. The van der Waals surface area contributed by atoms with Gasteiger partial charge in [0, 0.05) is 40.3 Å². The first-order valence-corrected chi connectivity index (χ1v) is 13.9. The van der Waals surface area contributed by atoms with Crippen molar-refractivity contribution in [1.29, 1.82) is 0 Å². The molecule has 0 saturated carbocycles. The highest BCUT2D eigenvalue weighted by Gasteiger charge is 2.49. The van der Waals surface area contributed by atoms with Gasteiger partial charge in [0.25, 0.3) is 0 Å². The number of nitrogens with one attached hydrogen (secondary N) is 1. The number of quaternary nitrogens is 1. The lowest BCUT2D eigenvalue weighted by Gasteiger charge is -2.51. The van der Waals surface area contributed by atoms with Crippen molar-refractivity contribution in [3.05, 3.63) is 101 Å². The van der Waals surface area contributed by atoms with Gasteiger partial charge < -0.3 is 26.9 Å². The zero-order chi connectivity index (χ0) is 25.2. The number of hydrogen-bond donors (Lipinski definition) is 1. The summed E-state index contributed by atoms with van der Waals surface area (Å²) >= 11 is 1.64. The van der Waals surface area contributed by atoms with Gasteiger partial charge in [0.1, 0.15) is 13.1 Å². The largest absolute Gasteiger partial charge is 1.00 e. The molecular weight excluding hydrogens is 516 g/mol. The first-order valence-electron chi connectivity index (χ1n) is 13.0. The first-order chi connectivity index (χ1) is 18.1. The minimum atomic E-state index is -0.603. The average molecular weight is 547 g/mol. The quantitative estimate of drug-likeness (QED) is 0.210. The summed E-state index contributed by atoms with van der Waals surface area (Å²) in [7, 11) is 0. The molecule has 2 bridgehead atoms. The van der Waals surface area contributed by atoms with E-state index in [0.29, 0.717) is 23.5 Å². The van der Waals surface area contributed by atoms with Crippen LogP contribution in [0.1, 0.15) is 34.8 Å². The fourth-order valence-corrected chi connectivity index (χ4v) is 6.99. The molecule has 1 aromatic heterocycles. The lowest BCUT2D eigenvalue weighted by molar-refractivity contribution is -0.938. The SMILES string of the molecule is O=C(C[N+]12CCC(CC1)[C@@H](OC(=O)[C@@H](Nc1ccccc1)c1csc3ccccc13)C2)c1ccccc1.[Cl-]. The topological polar surface area (TPSA) is 55.4 Å². The molecule has 196 valence electrons. The van der Waals surface area contributed by atoms with Crippen LogP contribution in [0.3, 0.4) is 0 Å². The second-order valence-corrected chi connectivity index (χ2v) is 11.3. The molecule has 0 spiro atoms. The summed E-state index contributed by atoms with van der Waals surface area (Å²) in [5.74, 6) is 0.269. The van der Waals surface area contributed by atoms with E-state index in [1.807, 2.05) is 72.8 Å². The predicted molar refractivity (Wildman–Crippen MR) is 148 cm³/mol. The van der Waals surface area contributed by atoms with Gasteiger partial charge in [-0.3, -0.25) is 4.79 Å². The molecular formula is C31H31ClN2O3S. The van der Waals surface area contributed by atoms with E-state index in [1.165, 1.54) is 0 Å². The second kappa shape index (κ2) is 11.3. The number of esters is 1. The Balaban J connectivity index is 0.00000294. The Morgan fingerprint density at radius 1 is 0.921 bits per heavy atom. The summed E-state index contributed by atoms with van der Waals surface area (Å²) in [6, 6.07) is 26.9. The molecule has 3 fully saturated rings. The molecule has 1 N–H and O–H groups in total. The highest BCUT2D eigenvalue weighted by atomic mass is 35.5. The molecule has 2 atom stereocenters. The maximum atomic E-state index is 13.8. The van der Waals surface area contributed by atoms with E-state index in [4.69, 9.17) is 4.74 Å². The molecule has 0 aliphatic carbocycles. The molecule has 3 aliphatic heterocycles. The number of carbonyl (C=O) groups is 2. The highest BCUT2D eigenvalue weighted by Crippen LogP contribution is 2.38. The number of ether oxygens (including phenoxy) is 1. The van der Waals surface area contributed by atoms with Crippen molar-refractivity contribution < 1.29 is 31.2 Å². The summed E-state index contributed by atoms with van der Waals surface area (Å²) < 4.78 is 8.18. The zero-order valence-electron chi connectivity index (χ0n) is 21.1. The number of halogens is 1. The molecule has 38 heavy (non-hydrogen) atoms. The molecule has 3 aromatic carbocycles. The molecule has 5 nitrogen and oxygen atoms in total. The van der Waals surface area contributed by atoms with Crippen LogP contribution < -0.4 is 17.7 Å². The molecule has 7 heteroatoms. The van der Waals surface area contributed by atoms with Crippen LogP contribution in [0.25, 0.3) is 10.1 Å². The van der Waals surface area contributed by atoms with Crippen LogP contribution in [-0.2, 0) is 9.53 Å². The smallest absolute Gasteiger partial charge is 0.333 e. The standard InChI is InChI=1S/C31H31N2O3S.ClH/c34-27(22-9-3-1-4-10-22)19-33-17-15-23(16-18-33)28(20-33)36-31(35)30(32-24-11-5-2-6-12-24)26-21-37-29-14-8-7-13-25(26)29;/h1-14,21,23,28,30,32H,15-20H2;1H/q+1;/p-1/t23?,28-,30-,33?;/m0./s1. The lowest BCUT2D eigenvalue weighted by atomic mass is 9.82. The fraction of sp³-hybridized carbons (Fsp3) is 0.290. The Morgan fingerprint density at radius 3 is 2.32 bits per heavy atom. The van der Waals surface area contributed by atoms with E-state index in [0.717, 1.165) is 52.8 Å². The number of benzene rings is 3. The van der Waals surface area contributed by atoms with Crippen molar-refractivity contribution >= 4 is 38.9 Å². The van der Waals surface area contributed by atoms with E-state index < -0.39 is 6.04 Å². The number of nitrogens with zero attached hydrogens (tertiary/aromatic N) is 1. The van der Waals surface area contributed by atoms with Crippen molar-refractivity contribution in [3.63, 3.8) is 0 Å². The average Bonchev–Trinajstić information content (AvgIpc) is 3.37. The summed E-state index contributed by atoms with van der Waals surface area (Å²) in [6.07, 6.45) is 1.79. The van der Waals surface area contributed by atoms with E-state index in [9.17, 15) is 9.59 Å². The van der Waals surface area contributed by atoms with Crippen LogP contribution in [0.4, 0.5) is 5.69 Å². The third-order valence-electron chi connectivity index (χ3n) is 8.03. The summed E-state index contributed by atoms with van der Waals surface area (Å²) in [4.78, 5) is 26.9. The van der Waals surface area contributed by atoms with E-state index in [-0.39, 0.29) is 30.3 Å². The van der Waals surface area contributed by atoms with Gasteiger partial charge in [-0.05, 0) is 29.0 Å². The van der Waals surface area contributed by atoms with E-state index in [2.05, 4.69) is 22.8 Å². The Kier molecular flexibility index (Phi) is 7.84.